The zero-order chi connectivity index (χ0) is 15.4. The molecule has 0 aliphatic rings. The van der Waals surface area contributed by atoms with E-state index in [2.05, 4.69) is 24.4 Å². The Balaban J connectivity index is 2.06. The first-order valence-electron chi connectivity index (χ1n) is 7.19. The maximum absolute atomic E-state index is 12.3. The van der Waals surface area contributed by atoms with Gasteiger partial charge in [-0.1, -0.05) is 35.9 Å². The highest BCUT2D eigenvalue weighted by Crippen LogP contribution is 2.15. The number of aryl methyl sites for hydroxylation is 2. The highest BCUT2D eigenvalue weighted by atomic mass is 16.1. The van der Waals surface area contributed by atoms with Gasteiger partial charge in [-0.3, -0.25) is 4.79 Å². The summed E-state index contributed by atoms with van der Waals surface area (Å²) in [5, 5.41) is 3.02. The number of benzene rings is 2. The van der Waals surface area contributed by atoms with Gasteiger partial charge in [0.15, 0.2) is 0 Å². The Kier molecular flexibility index (Phi) is 4.63. The van der Waals surface area contributed by atoms with Crippen molar-refractivity contribution in [3.05, 3.63) is 64.7 Å². The van der Waals surface area contributed by atoms with E-state index in [-0.39, 0.29) is 11.9 Å². The van der Waals surface area contributed by atoms with Crippen LogP contribution in [0.1, 0.15) is 34.0 Å². The van der Waals surface area contributed by atoms with Crippen LogP contribution in [0.4, 0.5) is 5.69 Å². The molecule has 1 amide bonds. The van der Waals surface area contributed by atoms with Gasteiger partial charge >= 0.3 is 0 Å². The van der Waals surface area contributed by atoms with Gasteiger partial charge in [-0.15, -0.1) is 0 Å². The van der Waals surface area contributed by atoms with Crippen LogP contribution in [0.5, 0.6) is 0 Å². The number of carbonyl (C=O) groups is 1. The largest absolute Gasteiger partial charge is 0.398 e. The number of nitrogens with two attached hydrogens (primary N) is 1. The second-order valence-electron chi connectivity index (χ2n) is 5.60. The van der Waals surface area contributed by atoms with E-state index in [1.54, 1.807) is 6.07 Å². The molecule has 0 saturated carbocycles. The lowest BCUT2D eigenvalue weighted by Crippen LogP contribution is -2.34. The van der Waals surface area contributed by atoms with E-state index in [0.717, 1.165) is 12.0 Å². The summed E-state index contributed by atoms with van der Waals surface area (Å²) in [5.41, 5.74) is 10.5. The molecule has 0 radical (unpaired) electrons. The highest BCUT2D eigenvalue weighted by molar-refractivity contribution is 5.99. The summed E-state index contributed by atoms with van der Waals surface area (Å²) in [5.74, 6) is -0.114. The molecule has 2 aromatic rings. The molecule has 0 aliphatic carbocycles. The third-order valence-electron chi connectivity index (χ3n) is 3.62. The Labute approximate surface area is 126 Å². The van der Waals surface area contributed by atoms with Crippen LogP contribution in [0.25, 0.3) is 0 Å². The molecule has 0 bridgehead atoms. The maximum Gasteiger partial charge on any atom is 0.253 e. The minimum absolute atomic E-state index is 0.0542. The topological polar surface area (TPSA) is 55.1 Å². The second kappa shape index (κ2) is 6.44. The summed E-state index contributed by atoms with van der Waals surface area (Å²) < 4.78 is 0. The molecule has 3 heteroatoms. The van der Waals surface area contributed by atoms with E-state index in [1.807, 2.05) is 38.1 Å². The number of nitrogens with one attached hydrogen (secondary N) is 1. The summed E-state index contributed by atoms with van der Waals surface area (Å²) in [6.07, 6.45) is 0.810. The Hall–Kier alpha value is -2.29. The van der Waals surface area contributed by atoms with Crippen LogP contribution in [-0.4, -0.2) is 11.9 Å². The van der Waals surface area contributed by atoms with Crippen molar-refractivity contribution in [2.75, 3.05) is 5.73 Å². The lowest BCUT2D eigenvalue weighted by atomic mass is 10.0. The summed E-state index contributed by atoms with van der Waals surface area (Å²) >= 11 is 0. The monoisotopic (exact) mass is 282 g/mol. The first kappa shape index (κ1) is 15.1. The van der Waals surface area contributed by atoms with Crippen molar-refractivity contribution in [2.45, 2.75) is 33.2 Å². The predicted molar refractivity (Wildman–Crippen MR) is 87.4 cm³/mol. The van der Waals surface area contributed by atoms with Gasteiger partial charge in [0.1, 0.15) is 0 Å². The fourth-order valence-electron chi connectivity index (χ4n) is 2.39. The van der Waals surface area contributed by atoms with Crippen LogP contribution in [0.15, 0.2) is 42.5 Å². The van der Waals surface area contributed by atoms with Gasteiger partial charge < -0.3 is 11.1 Å². The van der Waals surface area contributed by atoms with Crippen molar-refractivity contribution in [1.29, 1.82) is 0 Å². The number of nitrogen functional groups attached to an aromatic ring is 1. The number of amides is 1. The maximum atomic E-state index is 12.3. The van der Waals surface area contributed by atoms with Crippen LogP contribution in [0.2, 0.25) is 0 Å². The third kappa shape index (κ3) is 3.85. The minimum atomic E-state index is -0.114. The zero-order valence-corrected chi connectivity index (χ0v) is 12.8. The standard InChI is InChI=1S/C18H22N2O/c1-12-8-9-17(19)16(10-12)18(21)20-14(3)11-15-7-5-4-6-13(15)2/h4-10,14H,11,19H2,1-3H3,(H,20,21). The molecule has 0 spiro atoms. The van der Waals surface area contributed by atoms with Crippen molar-refractivity contribution in [2.24, 2.45) is 0 Å². The van der Waals surface area contributed by atoms with E-state index >= 15 is 0 Å². The molecule has 2 aromatic carbocycles. The quantitative estimate of drug-likeness (QED) is 0.846. The fraction of sp³-hybridized carbons (Fsp3) is 0.278. The van der Waals surface area contributed by atoms with Gasteiger partial charge in [0, 0.05) is 11.7 Å². The number of anilines is 1. The minimum Gasteiger partial charge on any atom is -0.398 e. The summed E-state index contributed by atoms with van der Waals surface area (Å²) in [4.78, 5) is 12.3. The third-order valence-corrected chi connectivity index (χ3v) is 3.62. The Bertz CT molecular complexity index is 649. The molecule has 1 unspecified atom stereocenters. The summed E-state index contributed by atoms with van der Waals surface area (Å²) in [6.45, 7) is 6.05. The first-order chi connectivity index (χ1) is 9.97. The molecule has 3 N–H and O–H groups in total. The Morgan fingerprint density at radius 1 is 1.19 bits per heavy atom. The number of rotatable bonds is 4. The van der Waals surface area contributed by atoms with Gasteiger partial charge in [-0.05, 0) is 50.5 Å². The van der Waals surface area contributed by atoms with E-state index in [1.165, 1.54) is 11.1 Å². The smallest absolute Gasteiger partial charge is 0.253 e. The molecule has 0 aliphatic heterocycles. The molecule has 0 fully saturated rings. The van der Waals surface area contributed by atoms with Crippen LogP contribution in [0, 0.1) is 13.8 Å². The van der Waals surface area contributed by atoms with Crippen molar-refractivity contribution >= 4 is 11.6 Å². The predicted octanol–water partition coefficient (Wildman–Crippen LogP) is 3.25. The molecule has 2 rings (SSSR count). The molecular weight excluding hydrogens is 260 g/mol. The Morgan fingerprint density at radius 2 is 1.90 bits per heavy atom. The second-order valence-corrected chi connectivity index (χ2v) is 5.60. The fourth-order valence-corrected chi connectivity index (χ4v) is 2.39. The molecule has 3 nitrogen and oxygen atoms in total. The molecule has 1 atom stereocenters. The average molecular weight is 282 g/mol. The number of hydrogen-bond donors (Lipinski definition) is 2. The molecule has 0 aromatic heterocycles. The summed E-state index contributed by atoms with van der Waals surface area (Å²) in [7, 11) is 0. The van der Waals surface area contributed by atoms with Crippen LogP contribution in [-0.2, 0) is 6.42 Å². The van der Waals surface area contributed by atoms with Crippen molar-refractivity contribution in [3.8, 4) is 0 Å². The van der Waals surface area contributed by atoms with Gasteiger partial charge in [-0.2, -0.15) is 0 Å². The highest BCUT2D eigenvalue weighted by Gasteiger charge is 2.13. The van der Waals surface area contributed by atoms with Gasteiger partial charge in [0.05, 0.1) is 5.56 Å². The van der Waals surface area contributed by atoms with Crippen molar-refractivity contribution in [3.63, 3.8) is 0 Å². The van der Waals surface area contributed by atoms with Crippen LogP contribution < -0.4 is 11.1 Å². The summed E-state index contributed by atoms with van der Waals surface area (Å²) in [6, 6.07) is 13.8. The Morgan fingerprint density at radius 3 is 2.62 bits per heavy atom. The van der Waals surface area contributed by atoms with E-state index in [0.29, 0.717) is 11.3 Å². The number of hydrogen-bond acceptors (Lipinski definition) is 2. The molecular formula is C18H22N2O. The van der Waals surface area contributed by atoms with Crippen molar-refractivity contribution < 1.29 is 4.79 Å². The van der Waals surface area contributed by atoms with Crippen molar-refractivity contribution in [1.82, 2.24) is 5.32 Å². The van der Waals surface area contributed by atoms with Crippen LogP contribution >= 0.6 is 0 Å². The van der Waals surface area contributed by atoms with Gasteiger partial charge in [-0.25, -0.2) is 0 Å². The van der Waals surface area contributed by atoms with Crippen LogP contribution in [0.3, 0.4) is 0 Å². The lowest BCUT2D eigenvalue weighted by Gasteiger charge is -2.16. The normalized spacial score (nSPS) is 12.0. The van der Waals surface area contributed by atoms with E-state index in [4.69, 9.17) is 5.73 Å². The van der Waals surface area contributed by atoms with Gasteiger partial charge in [0.25, 0.3) is 5.91 Å². The average Bonchev–Trinajstić information content (AvgIpc) is 2.44. The van der Waals surface area contributed by atoms with E-state index in [9.17, 15) is 4.79 Å². The molecule has 21 heavy (non-hydrogen) atoms. The molecule has 110 valence electrons. The molecule has 0 saturated heterocycles. The number of carbonyl (C=O) groups excluding carboxylic acids is 1. The zero-order valence-electron chi connectivity index (χ0n) is 12.8. The lowest BCUT2D eigenvalue weighted by molar-refractivity contribution is 0.0941. The van der Waals surface area contributed by atoms with Gasteiger partial charge in [0.2, 0.25) is 0 Å². The first-order valence-corrected chi connectivity index (χ1v) is 7.19. The van der Waals surface area contributed by atoms with E-state index < -0.39 is 0 Å². The SMILES string of the molecule is Cc1ccc(N)c(C(=O)NC(C)Cc2ccccc2C)c1. The molecule has 0 heterocycles.